The molecule has 1 aromatic rings. The first-order chi connectivity index (χ1) is 10.2. The van der Waals surface area contributed by atoms with Gasteiger partial charge in [-0.3, -0.25) is 0 Å². The number of amides is 1. The molecule has 1 unspecified atom stereocenters. The van der Waals surface area contributed by atoms with Gasteiger partial charge >= 0.3 is 6.09 Å². The van der Waals surface area contributed by atoms with Crippen LogP contribution in [0.15, 0.2) is 18.2 Å². The zero-order valence-electron chi connectivity index (χ0n) is 13.7. The topological polar surface area (TPSA) is 83.4 Å². The van der Waals surface area contributed by atoms with Crippen molar-refractivity contribution in [2.45, 2.75) is 39.3 Å². The van der Waals surface area contributed by atoms with Crippen LogP contribution in [0.5, 0.6) is 5.75 Å². The maximum absolute atomic E-state index is 11.6. The molecule has 0 aliphatic heterocycles. The van der Waals surface area contributed by atoms with E-state index in [1.165, 1.54) is 0 Å². The highest BCUT2D eigenvalue weighted by Crippen LogP contribution is 2.25. The van der Waals surface area contributed by atoms with Crippen molar-refractivity contribution in [3.05, 3.63) is 23.8 Å². The number of hydrogen-bond donors (Lipinski definition) is 2. The third kappa shape index (κ3) is 5.92. The Balaban J connectivity index is 2.57. The van der Waals surface area contributed by atoms with Crippen molar-refractivity contribution >= 4 is 11.8 Å². The van der Waals surface area contributed by atoms with Gasteiger partial charge in [-0.05, 0) is 39.8 Å². The van der Waals surface area contributed by atoms with Crippen molar-refractivity contribution in [3.8, 4) is 11.8 Å². The van der Waals surface area contributed by atoms with Gasteiger partial charge in [-0.2, -0.15) is 5.26 Å². The van der Waals surface area contributed by atoms with Crippen molar-refractivity contribution in [3.63, 3.8) is 0 Å². The first-order valence-electron chi connectivity index (χ1n) is 7.06. The van der Waals surface area contributed by atoms with E-state index in [2.05, 4.69) is 16.7 Å². The van der Waals surface area contributed by atoms with E-state index in [4.69, 9.17) is 14.7 Å². The monoisotopic (exact) mass is 305 g/mol. The first-order valence-corrected chi connectivity index (χ1v) is 7.06. The maximum atomic E-state index is 11.6. The second kappa shape index (κ2) is 7.55. The molecule has 0 aliphatic carbocycles. The Labute approximate surface area is 131 Å². The van der Waals surface area contributed by atoms with Crippen LogP contribution in [0.1, 0.15) is 33.3 Å². The second-order valence-electron chi connectivity index (χ2n) is 5.96. The molecular formula is C16H23N3O3. The molecule has 0 spiro atoms. The molecule has 2 N–H and O–H groups in total. The number of methoxy groups -OCH3 is 1. The zero-order chi connectivity index (χ0) is 16.8. The summed E-state index contributed by atoms with van der Waals surface area (Å²) in [5, 5.41) is 14.8. The lowest BCUT2D eigenvalue weighted by Gasteiger charge is -2.22. The number of carbonyl (C=O) groups excluding carboxylic acids is 1. The molecule has 0 fully saturated rings. The van der Waals surface area contributed by atoms with E-state index >= 15 is 0 Å². The van der Waals surface area contributed by atoms with E-state index in [1.807, 2.05) is 27.7 Å². The van der Waals surface area contributed by atoms with Gasteiger partial charge in [0.1, 0.15) is 11.4 Å². The molecule has 0 saturated heterocycles. The third-order valence-electron chi connectivity index (χ3n) is 2.68. The molecule has 120 valence electrons. The maximum Gasteiger partial charge on any atom is 0.407 e. The molecule has 0 heterocycles. The molecule has 6 nitrogen and oxygen atoms in total. The SMILES string of the molecule is COc1cc(C#N)ccc1NC(C)CNC(=O)OC(C)(C)C. The van der Waals surface area contributed by atoms with Gasteiger partial charge in [0.25, 0.3) is 0 Å². The second-order valence-corrected chi connectivity index (χ2v) is 5.96. The molecular weight excluding hydrogens is 282 g/mol. The molecule has 0 saturated carbocycles. The van der Waals surface area contributed by atoms with Crippen LogP contribution < -0.4 is 15.4 Å². The number of carbonyl (C=O) groups is 1. The fraction of sp³-hybridized carbons (Fsp3) is 0.500. The first kappa shape index (κ1) is 17.6. The van der Waals surface area contributed by atoms with Crippen molar-refractivity contribution in [1.29, 1.82) is 5.26 Å². The van der Waals surface area contributed by atoms with E-state index in [-0.39, 0.29) is 6.04 Å². The lowest BCUT2D eigenvalue weighted by Crippen LogP contribution is -2.38. The van der Waals surface area contributed by atoms with Gasteiger partial charge in [0.2, 0.25) is 0 Å². The average Bonchev–Trinajstić information content (AvgIpc) is 2.43. The van der Waals surface area contributed by atoms with Crippen LogP contribution in [-0.4, -0.2) is 31.4 Å². The van der Waals surface area contributed by atoms with E-state index in [0.29, 0.717) is 17.9 Å². The van der Waals surface area contributed by atoms with Crippen LogP contribution in [0.2, 0.25) is 0 Å². The highest BCUT2D eigenvalue weighted by Gasteiger charge is 2.16. The summed E-state index contributed by atoms with van der Waals surface area (Å²) < 4.78 is 10.4. The van der Waals surface area contributed by atoms with Gasteiger partial charge in [0.15, 0.2) is 0 Å². The number of nitriles is 1. The predicted octanol–water partition coefficient (Wildman–Crippen LogP) is 2.89. The standard InChI is InChI=1S/C16H23N3O3/c1-11(10-18-15(20)22-16(2,3)4)19-13-7-6-12(9-17)8-14(13)21-5/h6-8,11,19H,10H2,1-5H3,(H,18,20). The van der Waals surface area contributed by atoms with E-state index in [0.717, 1.165) is 5.69 Å². The van der Waals surface area contributed by atoms with Crippen LogP contribution in [0, 0.1) is 11.3 Å². The Morgan fingerprint density at radius 2 is 2.09 bits per heavy atom. The fourth-order valence-corrected chi connectivity index (χ4v) is 1.75. The molecule has 0 radical (unpaired) electrons. The fourth-order valence-electron chi connectivity index (χ4n) is 1.75. The minimum Gasteiger partial charge on any atom is -0.495 e. The number of benzene rings is 1. The molecule has 0 aromatic heterocycles. The molecule has 6 heteroatoms. The summed E-state index contributed by atoms with van der Waals surface area (Å²) in [6, 6.07) is 7.18. The number of nitrogens with zero attached hydrogens (tertiary/aromatic N) is 1. The molecule has 1 aromatic carbocycles. The number of anilines is 1. The summed E-state index contributed by atoms with van der Waals surface area (Å²) >= 11 is 0. The summed E-state index contributed by atoms with van der Waals surface area (Å²) in [5.41, 5.74) is 0.777. The van der Waals surface area contributed by atoms with Crippen LogP contribution in [0.3, 0.4) is 0 Å². The summed E-state index contributed by atoms with van der Waals surface area (Å²) in [6.07, 6.45) is -0.451. The molecule has 1 rings (SSSR count). The van der Waals surface area contributed by atoms with Gasteiger partial charge < -0.3 is 20.1 Å². The summed E-state index contributed by atoms with van der Waals surface area (Å²) in [7, 11) is 1.55. The highest BCUT2D eigenvalue weighted by molar-refractivity contribution is 5.68. The van der Waals surface area contributed by atoms with Crippen LogP contribution in [0.4, 0.5) is 10.5 Å². The largest absolute Gasteiger partial charge is 0.495 e. The lowest BCUT2D eigenvalue weighted by atomic mass is 10.2. The summed E-state index contributed by atoms with van der Waals surface area (Å²) in [5.74, 6) is 0.586. The Hall–Kier alpha value is -2.42. The molecule has 22 heavy (non-hydrogen) atoms. The smallest absolute Gasteiger partial charge is 0.407 e. The van der Waals surface area contributed by atoms with Crippen molar-refractivity contribution in [2.75, 3.05) is 19.0 Å². The van der Waals surface area contributed by atoms with Crippen molar-refractivity contribution in [2.24, 2.45) is 0 Å². The lowest BCUT2D eigenvalue weighted by molar-refractivity contribution is 0.0526. The van der Waals surface area contributed by atoms with Crippen LogP contribution >= 0.6 is 0 Å². The van der Waals surface area contributed by atoms with Gasteiger partial charge in [-0.1, -0.05) is 0 Å². The van der Waals surface area contributed by atoms with Gasteiger partial charge in [0.05, 0.1) is 24.4 Å². The quantitative estimate of drug-likeness (QED) is 0.874. The predicted molar refractivity (Wildman–Crippen MR) is 85.0 cm³/mol. The number of alkyl carbamates (subject to hydrolysis) is 1. The van der Waals surface area contributed by atoms with Gasteiger partial charge in [0, 0.05) is 18.7 Å². The van der Waals surface area contributed by atoms with E-state index in [9.17, 15) is 4.79 Å². The Morgan fingerprint density at radius 3 is 2.64 bits per heavy atom. The summed E-state index contributed by atoms with van der Waals surface area (Å²) in [6.45, 7) is 7.77. The Kier molecular flexibility index (Phi) is 6.05. The Morgan fingerprint density at radius 1 is 1.41 bits per heavy atom. The van der Waals surface area contributed by atoms with Crippen LogP contribution in [-0.2, 0) is 4.74 Å². The minimum atomic E-state index is -0.517. The minimum absolute atomic E-state index is 0.0330. The molecule has 0 bridgehead atoms. The van der Waals surface area contributed by atoms with Crippen molar-refractivity contribution in [1.82, 2.24) is 5.32 Å². The number of nitrogens with one attached hydrogen (secondary N) is 2. The average molecular weight is 305 g/mol. The zero-order valence-corrected chi connectivity index (χ0v) is 13.7. The van der Waals surface area contributed by atoms with Crippen LogP contribution in [0.25, 0.3) is 0 Å². The molecule has 0 aliphatic rings. The summed E-state index contributed by atoms with van der Waals surface area (Å²) in [4.78, 5) is 11.6. The highest BCUT2D eigenvalue weighted by atomic mass is 16.6. The number of rotatable bonds is 5. The van der Waals surface area contributed by atoms with E-state index < -0.39 is 11.7 Å². The number of ether oxygens (including phenoxy) is 2. The third-order valence-corrected chi connectivity index (χ3v) is 2.68. The van der Waals surface area contributed by atoms with Crippen molar-refractivity contribution < 1.29 is 14.3 Å². The number of hydrogen-bond acceptors (Lipinski definition) is 5. The van der Waals surface area contributed by atoms with Gasteiger partial charge in [-0.25, -0.2) is 4.79 Å². The molecule has 1 atom stereocenters. The molecule has 1 amide bonds. The van der Waals surface area contributed by atoms with E-state index in [1.54, 1.807) is 25.3 Å². The Bertz CT molecular complexity index is 559. The van der Waals surface area contributed by atoms with Gasteiger partial charge in [-0.15, -0.1) is 0 Å². The normalized spacial score (nSPS) is 12.0.